The Morgan fingerprint density at radius 2 is 1.88 bits per heavy atom. The van der Waals surface area contributed by atoms with Gasteiger partial charge in [0.25, 0.3) is 5.91 Å². The highest BCUT2D eigenvalue weighted by molar-refractivity contribution is 5.95. The third-order valence-corrected chi connectivity index (χ3v) is 5.46. The highest BCUT2D eigenvalue weighted by Crippen LogP contribution is 2.32. The number of rotatable bonds is 6. The Balaban J connectivity index is 1.28. The van der Waals surface area contributed by atoms with E-state index in [2.05, 4.69) is 51.7 Å². The van der Waals surface area contributed by atoms with Gasteiger partial charge in [0.15, 0.2) is 17.1 Å². The SMILES string of the molecule is Cc1ccc(-n2ncc3c(NCCNC(=O)c4ccc5c(c4)OCO5)nc(C)nc32)c(C)c1. The Morgan fingerprint density at radius 3 is 2.73 bits per heavy atom. The molecular weight excluding hydrogens is 420 g/mol. The molecule has 9 nitrogen and oxygen atoms in total. The van der Waals surface area contributed by atoms with Gasteiger partial charge in [0.05, 0.1) is 17.3 Å². The van der Waals surface area contributed by atoms with Crippen molar-refractivity contribution in [2.24, 2.45) is 0 Å². The smallest absolute Gasteiger partial charge is 0.251 e. The summed E-state index contributed by atoms with van der Waals surface area (Å²) in [7, 11) is 0. The Morgan fingerprint density at radius 1 is 1.03 bits per heavy atom. The number of nitrogens with zero attached hydrogens (tertiary/aromatic N) is 4. The first kappa shape index (κ1) is 20.7. The molecule has 33 heavy (non-hydrogen) atoms. The molecule has 9 heteroatoms. The quantitative estimate of drug-likeness (QED) is 0.440. The Hall–Kier alpha value is -4.14. The first-order valence-electron chi connectivity index (χ1n) is 10.7. The van der Waals surface area contributed by atoms with Crippen LogP contribution in [0.4, 0.5) is 5.82 Å². The lowest BCUT2D eigenvalue weighted by molar-refractivity contribution is 0.0954. The lowest BCUT2D eigenvalue weighted by Crippen LogP contribution is -2.29. The molecule has 1 aliphatic rings. The Kier molecular flexibility index (Phi) is 5.29. The van der Waals surface area contributed by atoms with Crippen LogP contribution in [0.2, 0.25) is 0 Å². The minimum atomic E-state index is -0.179. The van der Waals surface area contributed by atoms with E-state index in [4.69, 9.17) is 9.47 Å². The van der Waals surface area contributed by atoms with Crippen LogP contribution in [0.25, 0.3) is 16.7 Å². The Labute approximate surface area is 190 Å². The standard InChI is InChI=1S/C24H24N6O3/c1-14-4-6-19(15(2)10-14)30-23-18(12-27-30)22(28-16(3)29-23)25-8-9-26-24(31)17-5-7-20-21(11-17)33-13-32-20/h4-7,10-12H,8-9,13H2,1-3H3,(H,26,31)(H,25,28,29). The van der Waals surface area contributed by atoms with E-state index in [0.29, 0.717) is 41.8 Å². The van der Waals surface area contributed by atoms with Gasteiger partial charge >= 0.3 is 0 Å². The van der Waals surface area contributed by atoms with Crippen molar-refractivity contribution >= 4 is 22.8 Å². The summed E-state index contributed by atoms with van der Waals surface area (Å²) in [5.41, 5.74) is 4.56. The summed E-state index contributed by atoms with van der Waals surface area (Å²) in [6, 6.07) is 11.4. The van der Waals surface area contributed by atoms with Gasteiger partial charge in [-0.2, -0.15) is 5.10 Å². The van der Waals surface area contributed by atoms with E-state index in [0.717, 1.165) is 22.3 Å². The van der Waals surface area contributed by atoms with Crippen LogP contribution in [0.1, 0.15) is 27.3 Å². The van der Waals surface area contributed by atoms with E-state index >= 15 is 0 Å². The van der Waals surface area contributed by atoms with Crippen molar-refractivity contribution in [2.75, 3.05) is 25.2 Å². The molecule has 2 aromatic heterocycles. The molecule has 5 rings (SSSR count). The van der Waals surface area contributed by atoms with Gasteiger partial charge in [0, 0.05) is 18.7 Å². The van der Waals surface area contributed by atoms with E-state index in [-0.39, 0.29) is 12.7 Å². The van der Waals surface area contributed by atoms with Gasteiger partial charge < -0.3 is 20.1 Å². The normalized spacial score (nSPS) is 12.2. The maximum absolute atomic E-state index is 12.5. The number of fused-ring (bicyclic) bond motifs is 2. The second-order valence-electron chi connectivity index (χ2n) is 7.95. The molecule has 0 saturated heterocycles. The zero-order valence-electron chi connectivity index (χ0n) is 18.7. The lowest BCUT2D eigenvalue weighted by Gasteiger charge is -2.11. The maximum Gasteiger partial charge on any atom is 0.251 e. The van der Waals surface area contributed by atoms with Crippen molar-refractivity contribution in [1.29, 1.82) is 0 Å². The fraction of sp³-hybridized carbons (Fsp3) is 0.250. The van der Waals surface area contributed by atoms with Crippen molar-refractivity contribution in [3.8, 4) is 17.2 Å². The van der Waals surface area contributed by atoms with E-state index in [9.17, 15) is 4.79 Å². The molecule has 0 aliphatic carbocycles. The van der Waals surface area contributed by atoms with Crippen molar-refractivity contribution in [3.05, 3.63) is 65.1 Å². The number of carbonyl (C=O) groups is 1. The number of hydrogen-bond donors (Lipinski definition) is 2. The molecule has 1 amide bonds. The van der Waals surface area contributed by atoms with Gasteiger partial charge in [-0.15, -0.1) is 0 Å². The number of carbonyl (C=O) groups excluding carboxylic acids is 1. The number of benzene rings is 2. The summed E-state index contributed by atoms with van der Waals surface area (Å²) in [6.07, 6.45) is 1.77. The van der Waals surface area contributed by atoms with Crippen LogP contribution in [0.5, 0.6) is 11.5 Å². The van der Waals surface area contributed by atoms with Crippen LogP contribution in [0.3, 0.4) is 0 Å². The van der Waals surface area contributed by atoms with Gasteiger partial charge in [-0.25, -0.2) is 14.6 Å². The maximum atomic E-state index is 12.5. The average Bonchev–Trinajstić information content (AvgIpc) is 3.43. The molecule has 3 heterocycles. The van der Waals surface area contributed by atoms with Gasteiger partial charge in [-0.1, -0.05) is 17.7 Å². The minimum absolute atomic E-state index is 0.178. The monoisotopic (exact) mass is 444 g/mol. The molecule has 0 spiro atoms. The third kappa shape index (κ3) is 4.05. The summed E-state index contributed by atoms with van der Waals surface area (Å²) in [5.74, 6) is 2.38. The van der Waals surface area contributed by atoms with Crippen molar-refractivity contribution in [1.82, 2.24) is 25.1 Å². The summed E-state index contributed by atoms with van der Waals surface area (Å²) in [5, 5.41) is 11.6. The second kappa shape index (κ2) is 8.42. The number of aryl methyl sites for hydroxylation is 3. The van der Waals surface area contributed by atoms with Gasteiger partial charge in [0.1, 0.15) is 11.6 Å². The molecule has 0 radical (unpaired) electrons. The fourth-order valence-electron chi connectivity index (χ4n) is 3.87. The lowest BCUT2D eigenvalue weighted by atomic mass is 10.1. The highest BCUT2D eigenvalue weighted by Gasteiger charge is 2.17. The molecule has 0 saturated carbocycles. The summed E-state index contributed by atoms with van der Waals surface area (Å²) >= 11 is 0. The van der Waals surface area contributed by atoms with Crippen LogP contribution < -0.4 is 20.1 Å². The molecule has 2 aromatic carbocycles. The van der Waals surface area contributed by atoms with Crippen molar-refractivity contribution in [3.63, 3.8) is 0 Å². The predicted octanol–water partition coefficient (Wildman–Crippen LogP) is 3.31. The van der Waals surface area contributed by atoms with Crippen LogP contribution in [0.15, 0.2) is 42.6 Å². The summed E-state index contributed by atoms with van der Waals surface area (Å²) in [6.45, 7) is 7.08. The number of amides is 1. The molecule has 0 unspecified atom stereocenters. The largest absolute Gasteiger partial charge is 0.454 e. The average molecular weight is 444 g/mol. The van der Waals surface area contributed by atoms with Crippen LogP contribution >= 0.6 is 0 Å². The van der Waals surface area contributed by atoms with Crippen LogP contribution in [-0.4, -0.2) is 45.5 Å². The Bertz CT molecular complexity index is 1360. The zero-order valence-corrected chi connectivity index (χ0v) is 18.7. The van der Waals surface area contributed by atoms with Crippen LogP contribution in [-0.2, 0) is 0 Å². The molecule has 4 aromatic rings. The van der Waals surface area contributed by atoms with Gasteiger partial charge in [-0.3, -0.25) is 4.79 Å². The number of ether oxygens (including phenoxy) is 2. The first-order valence-corrected chi connectivity index (χ1v) is 10.7. The number of aromatic nitrogens is 4. The van der Waals surface area contributed by atoms with Gasteiger partial charge in [-0.05, 0) is 50.6 Å². The van der Waals surface area contributed by atoms with E-state index in [1.165, 1.54) is 5.56 Å². The molecular formula is C24H24N6O3. The third-order valence-electron chi connectivity index (χ3n) is 5.46. The van der Waals surface area contributed by atoms with E-state index in [1.54, 1.807) is 24.4 Å². The summed E-state index contributed by atoms with van der Waals surface area (Å²) < 4.78 is 12.5. The van der Waals surface area contributed by atoms with Crippen molar-refractivity contribution < 1.29 is 14.3 Å². The zero-order chi connectivity index (χ0) is 22.9. The minimum Gasteiger partial charge on any atom is -0.454 e. The van der Waals surface area contributed by atoms with Crippen LogP contribution in [0, 0.1) is 20.8 Å². The molecule has 168 valence electrons. The number of anilines is 1. The fourth-order valence-corrected chi connectivity index (χ4v) is 3.87. The molecule has 0 atom stereocenters. The van der Waals surface area contributed by atoms with Crippen molar-refractivity contribution in [2.45, 2.75) is 20.8 Å². The number of hydrogen-bond acceptors (Lipinski definition) is 7. The predicted molar refractivity (Wildman–Crippen MR) is 124 cm³/mol. The van der Waals surface area contributed by atoms with E-state index in [1.807, 2.05) is 17.7 Å². The summed E-state index contributed by atoms with van der Waals surface area (Å²) in [4.78, 5) is 21.6. The second-order valence-corrected chi connectivity index (χ2v) is 7.95. The molecule has 2 N–H and O–H groups in total. The highest BCUT2D eigenvalue weighted by atomic mass is 16.7. The first-order chi connectivity index (χ1) is 16.0. The number of nitrogens with one attached hydrogen (secondary N) is 2. The molecule has 0 bridgehead atoms. The molecule has 1 aliphatic heterocycles. The van der Waals surface area contributed by atoms with Gasteiger partial charge in [0.2, 0.25) is 6.79 Å². The van der Waals surface area contributed by atoms with E-state index < -0.39 is 0 Å². The molecule has 0 fully saturated rings. The topological polar surface area (TPSA) is 103 Å².